The molecule has 33 heavy (non-hydrogen) atoms. The van der Waals surface area contributed by atoms with E-state index in [1.807, 2.05) is 32.0 Å². The number of rotatable bonds is 12. The number of fused-ring (bicyclic) bond motifs is 1. The van der Waals surface area contributed by atoms with Gasteiger partial charge < -0.3 is 25.1 Å². The summed E-state index contributed by atoms with van der Waals surface area (Å²) < 4.78 is 17.5. The minimum Gasteiger partial charge on any atom is -0.494 e. The standard InChI is InChI=1S/C23H29N5O5/c1-3-23(25,33-22-26-9-5-10-27-22)20(24)14-32-19-12-15(2)28-18-8-7-16(13-17(18)19)31-11-4-6-21(29)30/h5,7-10,12-13,20H,3-4,6,11,14,24-25H2,1-2H3,(H,29,30). The Morgan fingerprint density at radius 3 is 2.67 bits per heavy atom. The van der Waals surface area contributed by atoms with Crippen LogP contribution in [0.2, 0.25) is 0 Å². The van der Waals surface area contributed by atoms with Crippen LogP contribution in [0.25, 0.3) is 10.9 Å². The number of nitrogens with zero attached hydrogens (tertiary/aromatic N) is 3. The summed E-state index contributed by atoms with van der Waals surface area (Å²) in [4.78, 5) is 23.3. The molecule has 3 rings (SSSR count). The lowest BCUT2D eigenvalue weighted by Crippen LogP contribution is -2.61. The minimum absolute atomic E-state index is 0.0505. The van der Waals surface area contributed by atoms with E-state index in [2.05, 4.69) is 15.0 Å². The van der Waals surface area contributed by atoms with Crippen molar-refractivity contribution in [2.24, 2.45) is 11.5 Å². The zero-order chi connectivity index (χ0) is 23.8. The van der Waals surface area contributed by atoms with Gasteiger partial charge in [-0.3, -0.25) is 15.5 Å². The second kappa shape index (κ2) is 10.9. The van der Waals surface area contributed by atoms with Crippen molar-refractivity contribution in [1.82, 2.24) is 15.0 Å². The second-order valence-electron chi connectivity index (χ2n) is 7.65. The molecule has 2 unspecified atom stereocenters. The summed E-state index contributed by atoms with van der Waals surface area (Å²) in [5, 5.41) is 9.51. The molecule has 0 radical (unpaired) electrons. The minimum atomic E-state index is -1.22. The molecule has 0 aliphatic heterocycles. The first kappa shape index (κ1) is 24.1. The van der Waals surface area contributed by atoms with E-state index in [9.17, 15) is 4.79 Å². The highest BCUT2D eigenvalue weighted by molar-refractivity contribution is 5.86. The van der Waals surface area contributed by atoms with Crippen molar-refractivity contribution >= 4 is 16.9 Å². The molecule has 0 aliphatic carbocycles. The smallest absolute Gasteiger partial charge is 0.318 e. The quantitative estimate of drug-likeness (QED) is 0.274. The first-order valence-electron chi connectivity index (χ1n) is 10.7. The Labute approximate surface area is 191 Å². The topological polar surface area (TPSA) is 156 Å². The molecule has 1 aromatic carbocycles. The molecular weight excluding hydrogens is 426 g/mol. The Hall–Kier alpha value is -3.50. The molecule has 3 aromatic rings. The lowest BCUT2D eigenvalue weighted by molar-refractivity contribution is -0.137. The van der Waals surface area contributed by atoms with Gasteiger partial charge >= 0.3 is 12.0 Å². The molecule has 2 atom stereocenters. The summed E-state index contributed by atoms with van der Waals surface area (Å²) in [6.45, 7) is 4.11. The second-order valence-corrected chi connectivity index (χ2v) is 7.65. The van der Waals surface area contributed by atoms with E-state index in [1.54, 1.807) is 24.5 Å². The summed E-state index contributed by atoms with van der Waals surface area (Å²) in [5.41, 5.74) is 13.1. The molecule has 10 heteroatoms. The lowest BCUT2D eigenvalue weighted by Gasteiger charge is -2.33. The SMILES string of the molecule is CCC(N)(Oc1ncccn1)C(N)COc1cc(C)nc2ccc(OCCCC(=O)O)cc12. The summed E-state index contributed by atoms with van der Waals surface area (Å²) >= 11 is 0. The zero-order valence-electron chi connectivity index (χ0n) is 18.7. The number of aliphatic carboxylic acids is 1. The van der Waals surface area contributed by atoms with Crippen LogP contribution in [0, 0.1) is 6.92 Å². The predicted octanol–water partition coefficient (Wildman–Crippen LogP) is 2.43. The van der Waals surface area contributed by atoms with Gasteiger partial charge in [0.25, 0.3) is 0 Å². The third-order valence-corrected chi connectivity index (χ3v) is 5.10. The van der Waals surface area contributed by atoms with E-state index in [0.29, 0.717) is 30.9 Å². The number of ether oxygens (including phenoxy) is 3. The van der Waals surface area contributed by atoms with Gasteiger partial charge in [-0.1, -0.05) is 6.92 Å². The van der Waals surface area contributed by atoms with Crippen molar-refractivity contribution in [2.75, 3.05) is 13.2 Å². The third kappa shape index (κ3) is 6.50. The maximum Gasteiger partial charge on any atom is 0.318 e. The molecular formula is C23H29N5O5. The monoisotopic (exact) mass is 455 g/mol. The van der Waals surface area contributed by atoms with Crippen LogP contribution in [-0.2, 0) is 4.79 Å². The fourth-order valence-corrected chi connectivity index (χ4v) is 3.16. The Bertz CT molecular complexity index is 1080. The van der Waals surface area contributed by atoms with Crippen molar-refractivity contribution in [1.29, 1.82) is 0 Å². The average molecular weight is 456 g/mol. The molecule has 0 aliphatic rings. The van der Waals surface area contributed by atoms with Crippen molar-refractivity contribution in [3.8, 4) is 17.5 Å². The van der Waals surface area contributed by atoms with Crippen LogP contribution in [0.3, 0.4) is 0 Å². The molecule has 0 amide bonds. The van der Waals surface area contributed by atoms with Crippen LogP contribution in [0.1, 0.15) is 31.9 Å². The number of nitrogens with two attached hydrogens (primary N) is 2. The number of aromatic nitrogens is 3. The number of carboxylic acid groups (broad SMARTS) is 1. The van der Waals surface area contributed by atoms with Crippen molar-refractivity contribution in [2.45, 2.75) is 44.9 Å². The highest BCUT2D eigenvalue weighted by Crippen LogP contribution is 2.30. The summed E-state index contributed by atoms with van der Waals surface area (Å²) in [7, 11) is 0. The fourth-order valence-electron chi connectivity index (χ4n) is 3.16. The largest absolute Gasteiger partial charge is 0.494 e. The average Bonchev–Trinajstić information content (AvgIpc) is 2.80. The predicted molar refractivity (Wildman–Crippen MR) is 122 cm³/mol. The highest BCUT2D eigenvalue weighted by atomic mass is 16.5. The number of hydrogen-bond donors (Lipinski definition) is 3. The number of aryl methyl sites for hydroxylation is 1. The Balaban J connectivity index is 1.73. The maximum absolute atomic E-state index is 10.7. The number of benzene rings is 1. The molecule has 176 valence electrons. The van der Waals surface area contributed by atoms with E-state index in [0.717, 1.165) is 16.6 Å². The van der Waals surface area contributed by atoms with E-state index >= 15 is 0 Å². The van der Waals surface area contributed by atoms with E-state index in [1.165, 1.54) is 0 Å². The van der Waals surface area contributed by atoms with Crippen LogP contribution in [-0.4, -0.2) is 51.0 Å². The summed E-state index contributed by atoms with van der Waals surface area (Å²) in [6.07, 6.45) is 4.01. The Kier molecular flexibility index (Phi) is 7.96. The van der Waals surface area contributed by atoms with Crippen LogP contribution >= 0.6 is 0 Å². The Morgan fingerprint density at radius 1 is 1.21 bits per heavy atom. The maximum atomic E-state index is 10.7. The first-order chi connectivity index (χ1) is 15.8. The van der Waals surface area contributed by atoms with E-state index in [-0.39, 0.29) is 19.0 Å². The van der Waals surface area contributed by atoms with Gasteiger partial charge in [-0.05, 0) is 44.0 Å². The normalized spacial score (nSPS) is 13.8. The zero-order valence-corrected chi connectivity index (χ0v) is 18.7. The molecule has 0 bridgehead atoms. The van der Waals surface area contributed by atoms with Gasteiger partial charge in [-0.2, -0.15) is 0 Å². The number of carbonyl (C=O) groups is 1. The van der Waals surface area contributed by atoms with Gasteiger partial charge in [0.1, 0.15) is 18.1 Å². The highest BCUT2D eigenvalue weighted by Gasteiger charge is 2.35. The molecule has 5 N–H and O–H groups in total. The summed E-state index contributed by atoms with van der Waals surface area (Å²) in [6, 6.07) is 8.40. The third-order valence-electron chi connectivity index (χ3n) is 5.10. The van der Waals surface area contributed by atoms with Crippen molar-refractivity contribution < 1.29 is 24.1 Å². The first-order valence-corrected chi connectivity index (χ1v) is 10.7. The van der Waals surface area contributed by atoms with E-state index in [4.69, 9.17) is 30.8 Å². The van der Waals surface area contributed by atoms with Crippen LogP contribution in [0.5, 0.6) is 17.5 Å². The van der Waals surface area contributed by atoms with Crippen LogP contribution in [0.4, 0.5) is 0 Å². The van der Waals surface area contributed by atoms with Gasteiger partial charge in [0.15, 0.2) is 5.72 Å². The molecule has 2 aromatic heterocycles. The van der Waals surface area contributed by atoms with Gasteiger partial charge in [0.05, 0.1) is 18.2 Å². The van der Waals surface area contributed by atoms with Crippen LogP contribution < -0.4 is 25.7 Å². The van der Waals surface area contributed by atoms with Gasteiger partial charge in [0, 0.05) is 36.0 Å². The number of pyridine rings is 1. The van der Waals surface area contributed by atoms with Gasteiger partial charge in [-0.15, -0.1) is 0 Å². The van der Waals surface area contributed by atoms with Crippen LogP contribution in [0.15, 0.2) is 42.7 Å². The lowest BCUT2D eigenvalue weighted by atomic mass is 10.0. The van der Waals surface area contributed by atoms with Gasteiger partial charge in [0.2, 0.25) is 0 Å². The fraction of sp³-hybridized carbons (Fsp3) is 0.391. The molecule has 10 nitrogen and oxygen atoms in total. The molecule has 2 heterocycles. The van der Waals surface area contributed by atoms with E-state index < -0.39 is 17.7 Å². The molecule has 0 saturated carbocycles. The Morgan fingerprint density at radius 2 is 1.97 bits per heavy atom. The number of hydrogen-bond acceptors (Lipinski definition) is 9. The molecule has 0 saturated heterocycles. The summed E-state index contributed by atoms with van der Waals surface area (Å²) in [5.74, 6) is 0.326. The van der Waals surface area contributed by atoms with Gasteiger partial charge in [-0.25, -0.2) is 9.97 Å². The molecule has 0 spiro atoms. The van der Waals surface area contributed by atoms with Crippen molar-refractivity contribution in [3.63, 3.8) is 0 Å². The number of carboxylic acids is 1. The molecule has 0 fully saturated rings. The van der Waals surface area contributed by atoms with Crippen molar-refractivity contribution in [3.05, 3.63) is 48.4 Å².